The summed E-state index contributed by atoms with van der Waals surface area (Å²) in [7, 11) is 4.17. The number of hydrogen-bond acceptors (Lipinski definition) is 0. The standard InChI is InChI=1S/C12H18N/c1-9-10(2)12(9)7-5-11(6-8-12)13(3)4/h5-10H,1-4H3/q+1/t9-,10+. The lowest BCUT2D eigenvalue weighted by Gasteiger charge is -2.09. The highest BCUT2D eigenvalue weighted by Gasteiger charge is 2.56. The third-order valence-electron chi connectivity index (χ3n) is 3.82. The first kappa shape index (κ1) is 8.74. The van der Waals surface area contributed by atoms with E-state index in [1.54, 1.807) is 0 Å². The smallest absolute Gasteiger partial charge is 0.198 e. The lowest BCUT2D eigenvalue weighted by molar-refractivity contribution is -0.462. The van der Waals surface area contributed by atoms with Crippen LogP contribution in [0.2, 0.25) is 0 Å². The van der Waals surface area contributed by atoms with Gasteiger partial charge in [-0.25, -0.2) is 4.58 Å². The van der Waals surface area contributed by atoms with E-state index in [-0.39, 0.29) is 0 Å². The van der Waals surface area contributed by atoms with Crippen molar-refractivity contribution in [1.82, 2.24) is 0 Å². The predicted molar refractivity (Wildman–Crippen MR) is 56.2 cm³/mol. The normalized spacial score (nSPS) is 41.4. The van der Waals surface area contributed by atoms with Gasteiger partial charge in [0.2, 0.25) is 0 Å². The van der Waals surface area contributed by atoms with Gasteiger partial charge in [-0.05, 0) is 11.8 Å². The molecule has 2 aliphatic rings. The Bertz CT molecular complexity index is 290. The number of nitrogens with zero attached hydrogens (tertiary/aromatic N) is 1. The van der Waals surface area contributed by atoms with Crippen LogP contribution >= 0.6 is 0 Å². The fourth-order valence-corrected chi connectivity index (χ4v) is 2.32. The molecule has 1 fully saturated rings. The molecule has 0 saturated heterocycles. The molecule has 2 rings (SSSR count). The Morgan fingerprint density at radius 3 is 1.85 bits per heavy atom. The fourth-order valence-electron chi connectivity index (χ4n) is 2.32. The Morgan fingerprint density at radius 2 is 1.54 bits per heavy atom. The molecular formula is C12H18N+. The van der Waals surface area contributed by atoms with E-state index in [0.717, 1.165) is 11.8 Å². The molecule has 0 heterocycles. The Kier molecular flexibility index (Phi) is 1.73. The maximum Gasteiger partial charge on any atom is 0.198 e. The van der Waals surface area contributed by atoms with Crippen molar-refractivity contribution in [2.24, 2.45) is 17.3 Å². The van der Waals surface area contributed by atoms with E-state index in [1.807, 2.05) is 0 Å². The minimum Gasteiger partial charge on any atom is -0.235 e. The zero-order chi connectivity index (χ0) is 9.64. The van der Waals surface area contributed by atoms with Crippen molar-refractivity contribution in [2.45, 2.75) is 13.8 Å². The van der Waals surface area contributed by atoms with Gasteiger partial charge in [0, 0.05) is 17.6 Å². The lowest BCUT2D eigenvalue weighted by atomic mass is 9.95. The minimum absolute atomic E-state index is 0.402. The molecule has 1 nitrogen and oxygen atoms in total. The molecule has 1 heteroatoms. The molecule has 0 aliphatic heterocycles. The highest BCUT2D eigenvalue weighted by Crippen LogP contribution is 2.61. The van der Waals surface area contributed by atoms with E-state index in [9.17, 15) is 0 Å². The quantitative estimate of drug-likeness (QED) is 0.497. The summed E-state index contributed by atoms with van der Waals surface area (Å²) in [5, 5.41) is 0. The maximum atomic E-state index is 2.37. The van der Waals surface area contributed by atoms with Crippen LogP contribution in [-0.4, -0.2) is 24.4 Å². The van der Waals surface area contributed by atoms with Gasteiger partial charge in [0.1, 0.15) is 14.1 Å². The zero-order valence-electron chi connectivity index (χ0n) is 8.91. The molecule has 1 saturated carbocycles. The molecule has 13 heavy (non-hydrogen) atoms. The summed E-state index contributed by atoms with van der Waals surface area (Å²) in [4.78, 5) is 0. The van der Waals surface area contributed by atoms with E-state index < -0.39 is 0 Å². The van der Waals surface area contributed by atoms with Crippen molar-refractivity contribution in [2.75, 3.05) is 14.1 Å². The predicted octanol–water partition coefficient (Wildman–Crippen LogP) is 2.10. The van der Waals surface area contributed by atoms with Crippen LogP contribution in [0.3, 0.4) is 0 Å². The van der Waals surface area contributed by atoms with Crippen LogP contribution in [0.4, 0.5) is 0 Å². The van der Waals surface area contributed by atoms with Gasteiger partial charge in [0.15, 0.2) is 5.71 Å². The molecule has 2 aliphatic carbocycles. The molecule has 0 aromatic carbocycles. The van der Waals surface area contributed by atoms with E-state index in [2.05, 4.69) is 56.8 Å². The molecule has 0 N–H and O–H groups in total. The van der Waals surface area contributed by atoms with E-state index >= 15 is 0 Å². The fraction of sp³-hybridized carbons (Fsp3) is 0.583. The first-order chi connectivity index (χ1) is 6.08. The van der Waals surface area contributed by atoms with Crippen LogP contribution < -0.4 is 0 Å². The molecule has 0 radical (unpaired) electrons. The summed E-state index contributed by atoms with van der Waals surface area (Å²) < 4.78 is 2.15. The zero-order valence-corrected chi connectivity index (χ0v) is 8.91. The topological polar surface area (TPSA) is 3.01 Å². The second-order valence-corrected chi connectivity index (χ2v) is 4.56. The minimum atomic E-state index is 0.402. The average Bonchev–Trinajstić information content (AvgIpc) is 2.59. The number of hydrogen-bond donors (Lipinski definition) is 0. The van der Waals surface area contributed by atoms with Gasteiger partial charge in [-0.3, -0.25) is 0 Å². The first-order valence-electron chi connectivity index (χ1n) is 5.00. The largest absolute Gasteiger partial charge is 0.235 e. The van der Waals surface area contributed by atoms with E-state index in [0.29, 0.717) is 5.41 Å². The van der Waals surface area contributed by atoms with E-state index in [4.69, 9.17) is 0 Å². The van der Waals surface area contributed by atoms with Gasteiger partial charge in [-0.15, -0.1) is 0 Å². The molecule has 2 atom stereocenters. The van der Waals surface area contributed by atoms with Crippen molar-refractivity contribution >= 4 is 5.71 Å². The summed E-state index contributed by atoms with van der Waals surface area (Å²) in [6.45, 7) is 4.67. The van der Waals surface area contributed by atoms with Crippen LogP contribution in [0.15, 0.2) is 24.3 Å². The van der Waals surface area contributed by atoms with Crippen LogP contribution in [0.1, 0.15) is 13.8 Å². The highest BCUT2D eigenvalue weighted by atomic mass is 14.9. The van der Waals surface area contributed by atoms with Gasteiger partial charge >= 0.3 is 0 Å². The first-order valence-corrected chi connectivity index (χ1v) is 5.00. The van der Waals surface area contributed by atoms with Gasteiger partial charge in [-0.2, -0.15) is 0 Å². The monoisotopic (exact) mass is 176 g/mol. The van der Waals surface area contributed by atoms with Gasteiger partial charge in [-0.1, -0.05) is 26.0 Å². The molecular weight excluding hydrogens is 158 g/mol. The Morgan fingerprint density at radius 1 is 1.08 bits per heavy atom. The number of allylic oxidation sites excluding steroid dienone is 4. The second-order valence-electron chi connectivity index (χ2n) is 4.56. The van der Waals surface area contributed by atoms with Crippen molar-refractivity contribution in [3.63, 3.8) is 0 Å². The van der Waals surface area contributed by atoms with Gasteiger partial charge < -0.3 is 0 Å². The van der Waals surface area contributed by atoms with Crippen LogP contribution in [0.25, 0.3) is 0 Å². The van der Waals surface area contributed by atoms with E-state index in [1.165, 1.54) is 5.71 Å². The van der Waals surface area contributed by atoms with Crippen LogP contribution in [0.5, 0.6) is 0 Å². The molecule has 0 bridgehead atoms. The summed E-state index contributed by atoms with van der Waals surface area (Å²) >= 11 is 0. The van der Waals surface area contributed by atoms with Crippen molar-refractivity contribution in [1.29, 1.82) is 0 Å². The Hall–Kier alpha value is -0.850. The SMILES string of the molecule is C[C@@H]1[C@H](C)C12C=CC(=[N+](C)C)C=C2. The molecule has 1 spiro atoms. The van der Waals surface area contributed by atoms with Crippen molar-refractivity contribution in [3.05, 3.63) is 24.3 Å². The molecule has 70 valence electrons. The second kappa shape index (κ2) is 2.57. The molecule has 0 amide bonds. The van der Waals surface area contributed by atoms with Crippen molar-refractivity contribution in [3.8, 4) is 0 Å². The Labute approximate surface area is 80.5 Å². The summed E-state index contributed by atoms with van der Waals surface area (Å²) in [6.07, 6.45) is 9.25. The Balaban J connectivity index is 2.25. The summed E-state index contributed by atoms with van der Waals surface area (Å²) in [5.41, 5.74) is 1.70. The van der Waals surface area contributed by atoms with Gasteiger partial charge in [0.05, 0.1) is 0 Å². The highest BCUT2D eigenvalue weighted by molar-refractivity contribution is 6.01. The lowest BCUT2D eigenvalue weighted by Crippen LogP contribution is -2.13. The molecule has 0 unspecified atom stereocenters. The average molecular weight is 176 g/mol. The number of rotatable bonds is 0. The molecule has 0 aromatic heterocycles. The van der Waals surface area contributed by atoms with Crippen LogP contribution in [-0.2, 0) is 0 Å². The van der Waals surface area contributed by atoms with Gasteiger partial charge in [0.25, 0.3) is 0 Å². The third-order valence-corrected chi connectivity index (χ3v) is 3.82. The molecule has 0 aromatic rings. The summed E-state index contributed by atoms with van der Waals surface area (Å²) in [6, 6.07) is 0. The summed E-state index contributed by atoms with van der Waals surface area (Å²) in [5.74, 6) is 1.65. The maximum absolute atomic E-state index is 2.37. The van der Waals surface area contributed by atoms with Crippen molar-refractivity contribution < 1.29 is 4.58 Å². The van der Waals surface area contributed by atoms with Crippen LogP contribution in [0, 0.1) is 17.3 Å². The third kappa shape index (κ3) is 1.10.